The molecule has 4 rings (SSSR count). The van der Waals surface area contributed by atoms with Crippen LogP contribution >= 0.6 is 0 Å². The van der Waals surface area contributed by atoms with Crippen molar-refractivity contribution in [1.82, 2.24) is 15.3 Å². The number of fused-ring (bicyclic) bond motifs is 1. The number of H-pyrrole nitrogens is 1. The van der Waals surface area contributed by atoms with Gasteiger partial charge in [0.15, 0.2) is 0 Å². The van der Waals surface area contributed by atoms with Crippen LogP contribution in [0, 0.1) is 5.82 Å². The standard InChI is InChI=1S/C19H19FN4O/c20-15-4-3-5-16-14(15)10-17(23-16)19(25)22-12-13-6-7-18(21-11-13)24-8-1-2-9-24/h3-7,10-11,23H,1-2,8-9,12H2,(H,22,25). The summed E-state index contributed by atoms with van der Waals surface area (Å²) in [5.74, 6) is 0.382. The van der Waals surface area contributed by atoms with Crippen LogP contribution in [0.3, 0.4) is 0 Å². The largest absolute Gasteiger partial charge is 0.357 e. The predicted molar refractivity (Wildman–Crippen MR) is 95.1 cm³/mol. The van der Waals surface area contributed by atoms with Gasteiger partial charge < -0.3 is 15.2 Å². The molecule has 0 aliphatic carbocycles. The molecule has 0 bridgehead atoms. The fourth-order valence-electron chi connectivity index (χ4n) is 3.17. The van der Waals surface area contributed by atoms with Crippen LogP contribution in [-0.2, 0) is 6.54 Å². The zero-order valence-electron chi connectivity index (χ0n) is 13.8. The van der Waals surface area contributed by atoms with Crippen LogP contribution in [0.4, 0.5) is 10.2 Å². The molecule has 0 spiro atoms. The number of nitrogens with zero attached hydrogens (tertiary/aromatic N) is 2. The Morgan fingerprint density at radius 2 is 2.08 bits per heavy atom. The molecule has 0 radical (unpaired) electrons. The fraction of sp³-hybridized carbons (Fsp3) is 0.263. The summed E-state index contributed by atoms with van der Waals surface area (Å²) in [5.41, 5.74) is 1.89. The van der Waals surface area contributed by atoms with Gasteiger partial charge in [-0.15, -0.1) is 0 Å². The Balaban J connectivity index is 1.41. The number of aromatic nitrogens is 2. The number of hydrogen-bond donors (Lipinski definition) is 2. The van der Waals surface area contributed by atoms with Gasteiger partial charge in [0.2, 0.25) is 0 Å². The van der Waals surface area contributed by atoms with Gasteiger partial charge in [-0.3, -0.25) is 4.79 Å². The Morgan fingerprint density at radius 1 is 1.24 bits per heavy atom. The number of aromatic amines is 1. The number of carbonyl (C=O) groups is 1. The number of hydrogen-bond acceptors (Lipinski definition) is 3. The summed E-state index contributed by atoms with van der Waals surface area (Å²) < 4.78 is 13.7. The monoisotopic (exact) mass is 338 g/mol. The SMILES string of the molecule is O=C(NCc1ccc(N2CCCC2)nc1)c1cc2c(F)cccc2[nH]1. The topological polar surface area (TPSA) is 61.0 Å². The van der Waals surface area contributed by atoms with Gasteiger partial charge in [-0.05, 0) is 42.7 Å². The number of rotatable bonds is 4. The quantitative estimate of drug-likeness (QED) is 0.768. The Kier molecular flexibility index (Phi) is 4.09. The van der Waals surface area contributed by atoms with Crippen molar-refractivity contribution in [3.05, 3.63) is 59.7 Å². The molecular weight excluding hydrogens is 319 g/mol. The molecule has 5 nitrogen and oxygen atoms in total. The molecule has 6 heteroatoms. The van der Waals surface area contributed by atoms with Crippen LogP contribution in [0.15, 0.2) is 42.6 Å². The third-order valence-corrected chi connectivity index (χ3v) is 4.55. The minimum atomic E-state index is -0.338. The Morgan fingerprint density at radius 3 is 2.80 bits per heavy atom. The fourth-order valence-corrected chi connectivity index (χ4v) is 3.17. The van der Waals surface area contributed by atoms with Crippen molar-refractivity contribution in [1.29, 1.82) is 0 Å². The van der Waals surface area contributed by atoms with E-state index in [-0.39, 0.29) is 11.7 Å². The molecule has 0 saturated carbocycles. The summed E-state index contributed by atoms with van der Waals surface area (Å²) in [4.78, 5) is 22.0. The van der Waals surface area contributed by atoms with E-state index in [0.29, 0.717) is 23.1 Å². The highest BCUT2D eigenvalue weighted by Crippen LogP contribution is 2.19. The normalized spacial score (nSPS) is 14.2. The molecule has 1 fully saturated rings. The number of carbonyl (C=O) groups excluding carboxylic acids is 1. The maximum absolute atomic E-state index is 13.7. The van der Waals surface area contributed by atoms with Gasteiger partial charge in [0.1, 0.15) is 17.3 Å². The molecule has 128 valence electrons. The molecule has 0 unspecified atom stereocenters. The summed E-state index contributed by atoms with van der Waals surface area (Å²) in [6, 6.07) is 10.2. The van der Waals surface area contributed by atoms with E-state index in [1.54, 1.807) is 18.3 Å². The third kappa shape index (κ3) is 3.20. The van der Waals surface area contributed by atoms with Gasteiger partial charge in [-0.2, -0.15) is 0 Å². The third-order valence-electron chi connectivity index (χ3n) is 4.55. The number of pyridine rings is 1. The summed E-state index contributed by atoms with van der Waals surface area (Å²) >= 11 is 0. The Bertz CT molecular complexity index is 897. The first-order chi connectivity index (χ1) is 12.2. The van der Waals surface area contributed by atoms with Crippen LogP contribution in [-0.4, -0.2) is 29.0 Å². The van der Waals surface area contributed by atoms with Crippen molar-refractivity contribution in [2.75, 3.05) is 18.0 Å². The van der Waals surface area contributed by atoms with Gasteiger partial charge >= 0.3 is 0 Å². The minimum Gasteiger partial charge on any atom is -0.357 e. The molecule has 1 saturated heterocycles. The van der Waals surface area contributed by atoms with Crippen molar-refractivity contribution in [3.8, 4) is 0 Å². The zero-order chi connectivity index (χ0) is 17.2. The second-order valence-corrected chi connectivity index (χ2v) is 6.29. The number of nitrogens with one attached hydrogen (secondary N) is 2. The average Bonchev–Trinajstić information content (AvgIpc) is 3.30. The maximum atomic E-state index is 13.7. The first-order valence-electron chi connectivity index (χ1n) is 8.46. The smallest absolute Gasteiger partial charge is 0.267 e. The summed E-state index contributed by atoms with van der Waals surface area (Å²) in [5, 5.41) is 3.26. The van der Waals surface area contributed by atoms with E-state index < -0.39 is 0 Å². The van der Waals surface area contributed by atoms with Crippen molar-refractivity contribution in [2.45, 2.75) is 19.4 Å². The summed E-state index contributed by atoms with van der Waals surface area (Å²) in [6.07, 6.45) is 4.22. The molecule has 3 heterocycles. The molecule has 0 atom stereocenters. The highest BCUT2D eigenvalue weighted by atomic mass is 19.1. The molecule has 25 heavy (non-hydrogen) atoms. The Labute approximate surface area is 144 Å². The minimum absolute atomic E-state index is 0.265. The van der Waals surface area contributed by atoms with E-state index in [9.17, 15) is 9.18 Å². The van der Waals surface area contributed by atoms with Gasteiger partial charge in [0, 0.05) is 36.7 Å². The zero-order valence-corrected chi connectivity index (χ0v) is 13.8. The highest BCUT2D eigenvalue weighted by Gasteiger charge is 2.14. The van der Waals surface area contributed by atoms with E-state index in [4.69, 9.17) is 0 Å². The molecule has 2 N–H and O–H groups in total. The van der Waals surface area contributed by atoms with Crippen molar-refractivity contribution in [2.24, 2.45) is 0 Å². The van der Waals surface area contributed by atoms with Crippen LogP contribution < -0.4 is 10.2 Å². The average molecular weight is 338 g/mol. The lowest BCUT2D eigenvalue weighted by molar-refractivity contribution is 0.0946. The number of halogens is 1. The molecule has 3 aromatic rings. The number of benzene rings is 1. The van der Waals surface area contributed by atoms with Crippen LogP contribution in [0.2, 0.25) is 0 Å². The van der Waals surface area contributed by atoms with Crippen LogP contribution in [0.1, 0.15) is 28.9 Å². The lowest BCUT2D eigenvalue weighted by atomic mass is 10.2. The summed E-state index contributed by atoms with van der Waals surface area (Å²) in [6.45, 7) is 2.49. The Hall–Kier alpha value is -2.89. The van der Waals surface area contributed by atoms with E-state index in [0.717, 1.165) is 24.5 Å². The molecule has 1 aliphatic heterocycles. The number of anilines is 1. The van der Waals surface area contributed by atoms with E-state index in [2.05, 4.69) is 20.2 Å². The molecule has 1 aliphatic rings. The van der Waals surface area contributed by atoms with E-state index in [1.807, 2.05) is 12.1 Å². The van der Waals surface area contributed by atoms with Gasteiger partial charge in [0.05, 0.1) is 0 Å². The van der Waals surface area contributed by atoms with Crippen LogP contribution in [0.5, 0.6) is 0 Å². The van der Waals surface area contributed by atoms with Gasteiger partial charge in [0.25, 0.3) is 5.91 Å². The maximum Gasteiger partial charge on any atom is 0.267 e. The van der Waals surface area contributed by atoms with Gasteiger partial charge in [-0.1, -0.05) is 12.1 Å². The molecule has 1 amide bonds. The van der Waals surface area contributed by atoms with Crippen molar-refractivity contribution >= 4 is 22.6 Å². The van der Waals surface area contributed by atoms with E-state index >= 15 is 0 Å². The first kappa shape index (κ1) is 15.6. The molecular formula is C19H19FN4O. The first-order valence-corrected chi connectivity index (χ1v) is 8.46. The molecule has 1 aromatic carbocycles. The lowest BCUT2D eigenvalue weighted by Gasteiger charge is -2.16. The lowest BCUT2D eigenvalue weighted by Crippen LogP contribution is -2.23. The highest BCUT2D eigenvalue weighted by molar-refractivity contribution is 5.98. The van der Waals surface area contributed by atoms with Gasteiger partial charge in [-0.25, -0.2) is 9.37 Å². The van der Waals surface area contributed by atoms with Crippen molar-refractivity contribution < 1.29 is 9.18 Å². The van der Waals surface area contributed by atoms with E-state index in [1.165, 1.54) is 25.0 Å². The molecule has 2 aromatic heterocycles. The predicted octanol–water partition coefficient (Wildman–Crippen LogP) is 3.23. The van der Waals surface area contributed by atoms with Crippen LogP contribution in [0.25, 0.3) is 10.9 Å². The number of amides is 1. The second-order valence-electron chi connectivity index (χ2n) is 6.29. The second kappa shape index (κ2) is 6.55. The van der Waals surface area contributed by atoms with Crippen molar-refractivity contribution in [3.63, 3.8) is 0 Å². The summed E-state index contributed by atoms with van der Waals surface area (Å²) in [7, 11) is 0.